The van der Waals surface area contributed by atoms with E-state index < -0.39 is 0 Å². The van der Waals surface area contributed by atoms with Crippen LogP contribution in [0.4, 0.5) is 0 Å². The zero-order valence-corrected chi connectivity index (χ0v) is 16.1. The highest BCUT2D eigenvalue weighted by molar-refractivity contribution is 8.26. The molecule has 2 aliphatic heterocycles. The number of morpholine rings is 1. The van der Waals surface area contributed by atoms with Crippen LogP contribution in [0.15, 0.2) is 29.2 Å². The Labute approximate surface area is 162 Å². The van der Waals surface area contributed by atoms with Crippen molar-refractivity contribution in [3.05, 3.63) is 40.3 Å². The van der Waals surface area contributed by atoms with Gasteiger partial charge in [0.25, 0.3) is 5.91 Å². The summed E-state index contributed by atoms with van der Waals surface area (Å²) in [5, 5.41) is 0. The average molecular weight is 393 g/mol. The van der Waals surface area contributed by atoms with E-state index in [9.17, 15) is 9.59 Å². The predicted octanol–water partition coefficient (Wildman–Crippen LogP) is 2.01. The summed E-state index contributed by atoms with van der Waals surface area (Å²) in [7, 11) is 1.35. The highest BCUT2D eigenvalue weighted by Crippen LogP contribution is 2.32. The van der Waals surface area contributed by atoms with Crippen molar-refractivity contribution in [2.45, 2.75) is 0 Å². The highest BCUT2D eigenvalue weighted by Gasteiger charge is 2.32. The summed E-state index contributed by atoms with van der Waals surface area (Å²) < 4.78 is 10.6. The van der Waals surface area contributed by atoms with Gasteiger partial charge < -0.3 is 9.47 Å². The number of amides is 1. The first-order chi connectivity index (χ1) is 12.6. The van der Waals surface area contributed by atoms with Crippen LogP contribution in [0.25, 0.3) is 6.08 Å². The predicted molar refractivity (Wildman–Crippen MR) is 105 cm³/mol. The molecule has 3 rings (SSSR count). The number of carbonyl (C=O) groups excluding carboxylic acids is 2. The minimum atomic E-state index is -0.383. The summed E-state index contributed by atoms with van der Waals surface area (Å²) in [5.74, 6) is -0.448. The topological polar surface area (TPSA) is 59.1 Å². The second kappa shape index (κ2) is 8.77. The molecule has 0 spiro atoms. The van der Waals surface area contributed by atoms with Gasteiger partial charge in [-0.3, -0.25) is 14.6 Å². The summed E-state index contributed by atoms with van der Waals surface area (Å²) >= 11 is 6.68. The molecule has 26 heavy (non-hydrogen) atoms. The molecule has 2 aliphatic rings. The van der Waals surface area contributed by atoms with Gasteiger partial charge in [0.05, 0.1) is 30.8 Å². The molecule has 0 unspecified atom stereocenters. The summed E-state index contributed by atoms with van der Waals surface area (Å²) in [6, 6.07) is 6.92. The summed E-state index contributed by atoms with van der Waals surface area (Å²) in [5.41, 5.74) is 1.31. The van der Waals surface area contributed by atoms with E-state index in [4.69, 9.17) is 17.0 Å². The Kier molecular flexibility index (Phi) is 6.42. The molecule has 0 atom stereocenters. The van der Waals surface area contributed by atoms with E-state index in [1.807, 2.05) is 0 Å². The lowest BCUT2D eigenvalue weighted by Gasteiger charge is -2.28. The number of esters is 1. The summed E-state index contributed by atoms with van der Waals surface area (Å²) in [6.07, 6.45) is 1.80. The fourth-order valence-corrected chi connectivity index (χ4v) is 4.05. The number of ether oxygens (including phenoxy) is 2. The van der Waals surface area contributed by atoms with Gasteiger partial charge in [-0.05, 0) is 23.8 Å². The third-order valence-electron chi connectivity index (χ3n) is 4.25. The molecule has 0 aliphatic carbocycles. The quantitative estimate of drug-likeness (QED) is 0.432. The van der Waals surface area contributed by atoms with Crippen molar-refractivity contribution < 1.29 is 19.1 Å². The number of thiocarbonyl (C=S) groups is 1. The first-order valence-electron chi connectivity index (χ1n) is 8.32. The third kappa shape index (κ3) is 4.50. The lowest BCUT2D eigenvalue weighted by Crippen LogP contribution is -2.42. The van der Waals surface area contributed by atoms with Crippen molar-refractivity contribution >= 4 is 46.3 Å². The van der Waals surface area contributed by atoms with Crippen LogP contribution in [0.5, 0.6) is 0 Å². The van der Waals surface area contributed by atoms with Crippen LogP contribution in [-0.2, 0) is 14.3 Å². The summed E-state index contributed by atoms with van der Waals surface area (Å²) in [4.78, 5) is 28.7. The van der Waals surface area contributed by atoms with Crippen molar-refractivity contribution in [1.29, 1.82) is 0 Å². The van der Waals surface area contributed by atoms with Crippen molar-refractivity contribution in [1.82, 2.24) is 9.80 Å². The Morgan fingerprint density at radius 1 is 1.27 bits per heavy atom. The Balaban J connectivity index is 1.63. The van der Waals surface area contributed by atoms with Crippen LogP contribution in [-0.4, -0.2) is 72.5 Å². The maximum absolute atomic E-state index is 12.6. The minimum absolute atomic E-state index is 0.0645. The molecule has 0 bridgehead atoms. The van der Waals surface area contributed by atoms with Gasteiger partial charge in [-0.1, -0.05) is 36.1 Å². The van der Waals surface area contributed by atoms with Gasteiger partial charge in [0.2, 0.25) is 0 Å². The number of rotatable bonds is 5. The lowest BCUT2D eigenvalue weighted by molar-refractivity contribution is -0.122. The van der Waals surface area contributed by atoms with Crippen LogP contribution in [0, 0.1) is 0 Å². The molecule has 0 aromatic heterocycles. The van der Waals surface area contributed by atoms with E-state index in [0.717, 1.165) is 38.4 Å². The van der Waals surface area contributed by atoms with Gasteiger partial charge >= 0.3 is 5.97 Å². The van der Waals surface area contributed by atoms with Crippen molar-refractivity contribution in [2.75, 3.05) is 46.5 Å². The SMILES string of the molecule is COC(=O)c1ccc(/C=C2\SC(=S)N(CCN3CCOCC3)C2=O)cc1. The molecule has 1 amide bonds. The second-order valence-electron chi connectivity index (χ2n) is 5.90. The van der Waals surface area contributed by atoms with Gasteiger partial charge in [-0.25, -0.2) is 4.79 Å². The maximum Gasteiger partial charge on any atom is 0.337 e. The second-order valence-corrected chi connectivity index (χ2v) is 7.58. The monoisotopic (exact) mass is 392 g/mol. The Bertz CT molecular complexity index is 727. The molecule has 0 N–H and O–H groups in total. The van der Waals surface area contributed by atoms with Gasteiger partial charge in [0.15, 0.2) is 0 Å². The van der Waals surface area contributed by atoms with Crippen LogP contribution in [0.2, 0.25) is 0 Å². The van der Waals surface area contributed by atoms with Crippen LogP contribution in [0.1, 0.15) is 15.9 Å². The molecule has 2 saturated heterocycles. The van der Waals surface area contributed by atoms with Crippen LogP contribution < -0.4 is 0 Å². The Morgan fingerprint density at radius 3 is 2.62 bits per heavy atom. The number of benzene rings is 1. The Morgan fingerprint density at radius 2 is 1.96 bits per heavy atom. The van der Waals surface area contributed by atoms with Crippen molar-refractivity contribution in [3.8, 4) is 0 Å². The van der Waals surface area contributed by atoms with Crippen molar-refractivity contribution in [3.63, 3.8) is 0 Å². The number of methoxy groups -OCH3 is 1. The van der Waals surface area contributed by atoms with Crippen molar-refractivity contribution in [2.24, 2.45) is 0 Å². The molecule has 1 aromatic carbocycles. The number of thioether (sulfide) groups is 1. The van der Waals surface area contributed by atoms with Crippen LogP contribution >= 0.6 is 24.0 Å². The van der Waals surface area contributed by atoms with E-state index >= 15 is 0 Å². The van der Waals surface area contributed by atoms with Gasteiger partial charge in [0, 0.05) is 26.2 Å². The van der Waals surface area contributed by atoms with Gasteiger partial charge in [-0.2, -0.15) is 0 Å². The fourth-order valence-electron chi connectivity index (χ4n) is 2.74. The number of hydrogen-bond acceptors (Lipinski definition) is 7. The molecular weight excluding hydrogens is 372 g/mol. The molecule has 138 valence electrons. The number of nitrogens with zero attached hydrogens (tertiary/aromatic N) is 2. The van der Waals surface area contributed by atoms with E-state index in [2.05, 4.69) is 9.64 Å². The first kappa shape index (κ1) is 19.0. The molecule has 6 nitrogen and oxygen atoms in total. The van der Waals surface area contributed by atoms with Gasteiger partial charge in [0.1, 0.15) is 4.32 Å². The smallest absolute Gasteiger partial charge is 0.337 e. The highest BCUT2D eigenvalue weighted by atomic mass is 32.2. The average Bonchev–Trinajstić information content (AvgIpc) is 2.94. The molecule has 0 saturated carbocycles. The lowest BCUT2D eigenvalue weighted by atomic mass is 10.1. The third-order valence-corrected chi connectivity index (χ3v) is 5.62. The van der Waals surface area contributed by atoms with Crippen LogP contribution in [0.3, 0.4) is 0 Å². The normalized spacial score (nSPS) is 20.0. The molecular formula is C18H20N2O4S2. The molecule has 8 heteroatoms. The molecule has 2 fully saturated rings. The Hall–Kier alpha value is -1.74. The first-order valence-corrected chi connectivity index (χ1v) is 9.55. The molecule has 2 heterocycles. The number of hydrogen-bond donors (Lipinski definition) is 0. The molecule has 1 aromatic rings. The zero-order valence-electron chi connectivity index (χ0n) is 14.5. The zero-order chi connectivity index (χ0) is 18.5. The number of carbonyl (C=O) groups is 2. The minimum Gasteiger partial charge on any atom is -0.465 e. The summed E-state index contributed by atoms with van der Waals surface area (Å²) in [6.45, 7) is 4.62. The standard InChI is InChI=1S/C18H20N2O4S2/c1-23-17(22)14-4-2-13(3-5-14)12-15-16(21)20(18(25)26-15)7-6-19-8-10-24-11-9-19/h2-5,12H,6-11H2,1H3/b15-12-. The van der Waals surface area contributed by atoms with Gasteiger partial charge in [-0.15, -0.1) is 0 Å². The van der Waals surface area contributed by atoms with E-state index in [0.29, 0.717) is 21.3 Å². The largest absolute Gasteiger partial charge is 0.465 e. The molecule has 0 radical (unpaired) electrons. The maximum atomic E-state index is 12.6. The van der Waals surface area contributed by atoms with E-state index in [1.54, 1.807) is 35.2 Å². The van der Waals surface area contributed by atoms with E-state index in [-0.39, 0.29) is 11.9 Å². The van der Waals surface area contributed by atoms with E-state index in [1.165, 1.54) is 18.9 Å². The fraction of sp³-hybridized carbons (Fsp3) is 0.389.